The van der Waals surface area contributed by atoms with E-state index in [2.05, 4.69) is 15.3 Å². The quantitative estimate of drug-likeness (QED) is 0.785. The standard InChI is InChI=1S/C12H17N3O4S/c1-7(20(3,17)18)11-14-9-4-5-13-6-8(9)10(15-11)12(16)19-2/h7,13H,4-6H2,1-3H3. The maximum Gasteiger partial charge on any atom is 0.357 e. The van der Waals surface area contributed by atoms with Gasteiger partial charge in [-0.25, -0.2) is 23.2 Å². The molecule has 8 heteroatoms. The summed E-state index contributed by atoms with van der Waals surface area (Å²) >= 11 is 0. The summed E-state index contributed by atoms with van der Waals surface area (Å²) in [4.78, 5) is 20.3. The lowest BCUT2D eigenvalue weighted by atomic mass is 10.0. The van der Waals surface area contributed by atoms with Gasteiger partial charge in [0.2, 0.25) is 0 Å². The van der Waals surface area contributed by atoms with E-state index >= 15 is 0 Å². The molecular formula is C12H17N3O4S. The molecule has 2 heterocycles. The lowest BCUT2D eigenvalue weighted by Crippen LogP contribution is -2.29. The predicted molar refractivity (Wildman–Crippen MR) is 72.0 cm³/mol. The van der Waals surface area contributed by atoms with E-state index in [1.807, 2.05) is 0 Å². The molecule has 110 valence electrons. The van der Waals surface area contributed by atoms with Crippen LogP contribution in [-0.4, -0.2) is 44.3 Å². The van der Waals surface area contributed by atoms with Crippen molar-refractivity contribution in [2.24, 2.45) is 0 Å². The fourth-order valence-electron chi connectivity index (χ4n) is 2.00. The van der Waals surface area contributed by atoms with Crippen LogP contribution < -0.4 is 5.32 Å². The minimum atomic E-state index is -3.32. The number of rotatable bonds is 3. The molecule has 0 amide bonds. The summed E-state index contributed by atoms with van der Waals surface area (Å²) in [5.41, 5.74) is 1.55. The van der Waals surface area contributed by atoms with E-state index < -0.39 is 21.1 Å². The normalized spacial score (nSPS) is 16.4. The van der Waals surface area contributed by atoms with Crippen LogP contribution in [-0.2, 0) is 27.5 Å². The molecule has 1 atom stereocenters. The Kier molecular flexibility index (Phi) is 4.05. The van der Waals surface area contributed by atoms with Crippen LogP contribution in [0.3, 0.4) is 0 Å². The summed E-state index contributed by atoms with van der Waals surface area (Å²) in [7, 11) is -2.05. The Bertz CT molecular complexity index is 642. The van der Waals surface area contributed by atoms with Gasteiger partial charge in [0, 0.05) is 31.3 Å². The molecule has 1 aliphatic rings. The van der Waals surface area contributed by atoms with Crippen molar-refractivity contribution in [1.29, 1.82) is 0 Å². The molecule has 0 aliphatic carbocycles. The Labute approximate surface area is 117 Å². The van der Waals surface area contributed by atoms with E-state index in [0.29, 0.717) is 24.2 Å². The van der Waals surface area contributed by atoms with Crippen LogP contribution in [0.15, 0.2) is 0 Å². The Morgan fingerprint density at radius 3 is 2.70 bits per heavy atom. The topological polar surface area (TPSA) is 98.2 Å². The predicted octanol–water partition coefficient (Wildman–Crippen LogP) is 0.0145. The molecule has 1 aliphatic heterocycles. The molecule has 0 radical (unpaired) electrons. The molecule has 1 aromatic rings. The third-order valence-electron chi connectivity index (χ3n) is 3.33. The molecule has 0 saturated heterocycles. The largest absolute Gasteiger partial charge is 0.464 e. The highest BCUT2D eigenvalue weighted by Gasteiger charge is 2.27. The number of hydrogen-bond acceptors (Lipinski definition) is 7. The maximum atomic E-state index is 11.8. The second-order valence-electron chi connectivity index (χ2n) is 4.75. The first-order chi connectivity index (χ1) is 9.34. The number of carbonyl (C=O) groups is 1. The molecular weight excluding hydrogens is 282 g/mol. The highest BCUT2D eigenvalue weighted by atomic mass is 32.2. The van der Waals surface area contributed by atoms with Crippen LogP contribution >= 0.6 is 0 Å². The average Bonchev–Trinajstić information content (AvgIpc) is 2.43. The molecule has 20 heavy (non-hydrogen) atoms. The van der Waals surface area contributed by atoms with Crippen molar-refractivity contribution < 1.29 is 17.9 Å². The highest BCUT2D eigenvalue weighted by molar-refractivity contribution is 7.90. The van der Waals surface area contributed by atoms with E-state index in [1.54, 1.807) is 0 Å². The average molecular weight is 299 g/mol. The fourth-order valence-corrected chi connectivity index (χ4v) is 2.49. The number of methoxy groups -OCH3 is 1. The van der Waals surface area contributed by atoms with E-state index in [1.165, 1.54) is 14.0 Å². The SMILES string of the molecule is COC(=O)c1nc(C(C)S(C)(=O)=O)nc2c1CNCC2. The van der Waals surface area contributed by atoms with Gasteiger partial charge in [0.1, 0.15) is 11.1 Å². The molecule has 0 saturated carbocycles. The molecule has 1 unspecified atom stereocenters. The van der Waals surface area contributed by atoms with Crippen molar-refractivity contribution in [2.45, 2.75) is 25.1 Å². The summed E-state index contributed by atoms with van der Waals surface area (Å²) in [5.74, 6) is -0.428. The van der Waals surface area contributed by atoms with E-state index in [4.69, 9.17) is 4.74 Å². The van der Waals surface area contributed by atoms with Gasteiger partial charge in [-0.2, -0.15) is 0 Å². The van der Waals surface area contributed by atoms with Gasteiger partial charge in [-0.15, -0.1) is 0 Å². The van der Waals surface area contributed by atoms with Gasteiger partial charge in [-0.1, -0.05) is 0 Å². The first-order valence-electron chi connectivity index (χ1n) is 6.22. The van der Waals surface area contributed by atoms with Crippen LogP contribution in [0.25, 0.3) is 0 Å². The van der Waals surface area contributed by atoms with Gasteiger partial charge in [-0.3, -0.25) is 0 Å². The van der Waals surface area contributed by atoms with Crippen molar-refractivity contribution >= 4 is 15.8 Å². The second-order valence-corrected chi connectivity index (χ2v) is 7.11. The zero-order valence-electron chi connectivity index (χ0n) is 11.6. The van der Waals surface area contributed by atoms with Crippen LogP contribution in [0, 0.1) is 0 Å². The van der Waals surface area contributed by atoms with E-state index in [9.17, 15) is 13.2 Å². The summed E-state index contributed by atoms with van der Waals surface area (Å²) in [5, 5.41) is 2.28. The van der Waals surface area contributed by atoms with Gasteiger partial charge in [0.15, 0.2) is 15.5 Å². The number of ether oxygens (including phenoxy) is 1. The van der Waals surface area contributed by atoms with Crippen LogP contribution in [0.2, 0.25) is 0 Å². The highest BCUT2D eigenvalue weighted by Crippen LogP contribution is 2.22. The molecule has 1 N–H and O–H groups in total. The van der Waals surface area contributed by atoms with Crippen molar-refractivity contribution in [2.75, 3.05) is 19.9 Å². The first kappa shape index (κ1) is 14.9. The van der Waals surface area contributed by atoms with Gasteiger partial charge in [0.05, 0.1) is 12.8 Å². The molecule has 1 aromatic heterocycles. The van der Waals surface area contributed by atoms with Crippen molar-refractivity contribution in [1.82, 2.24) is 15.3 Å². The maximum absolute atomic E-state index is 11.8. The summed E-state index contributed by atoms with van der Waals surface area (Å²) < 4.78 is 28.0. The Balaban J connectivity index is 2.59. The molecule has 0 aromatic carbocycles. The fraction of sp³-hybridized carbons (Fsp3) is 0.583. The Morgan fingerprint density at radius 1 is 1.40 bits per heavy atom. The first-order valence-corrected chi connectivity index (χ1v) is 8.17. The molecule has 0 bridgehead atoms. The summed E-state index contributed by atoms with van der Waals surface area (Å²) in [6, 6.07) is 0. The zero-order valence-corrected chi connectivity index (χ0v) is 12.5. The number of fused-ring (bicyclic) bond motifs is 1. The molecule has 7 nitrogen and oxygen atoms in total. The zero-order chi connectivity index (χ0) is 14.9. The van der Waals surface area contributed by atoms with Crippen molar-refractivity contribution in [3.05, 3.63) is 22.8 Å². The van der Waals surface area contributed by atoms with Crippen LogP contribution in [0.5, 0.6) is 0 Å². The Morgan fingerprint density at radius 2 is 2.10 bits per heavy atom. The van der Waals surface area contributed by atoms with E-state index in [0.717, 1.165) is 12.8 Å². The monoisotopic (exact) mass is 299 g/mol. The number of carbonyl (C=O) groups excluding carboxylic acids is 1. The minimum Gasteiger partial charge on any atom is -0.464 e. The van der Waals surface area contributed by atoms with Gasteiger partial charge in [-0.05, 0) is 6.92 Å². The van der Waals surface area contributed by atoms with E-state index in [-0.39, 0.29) is 11.5 Å². The third-order valence-corrected chi connectivity index (χ3v) is 4.83. The second kappa shape index (κ2) is 5.45. The molecule has 0 spiro atoms. The molecule has 0 fully saturated rings. The van der Waals surface area contributed by atoms with Crippen molar-refractivity contribution in [3.63, 3.8) is 0 Å². The van der Waals surface area contributed by atoms with Gasteiger partial charge >= 0.3 is 5.97 Å². The number of sulfone groups is 1. The van der Waals surface area contributed by atoms with Gasteiger partial charge < -0.3 is 10.1 Å². The number of aromatic nitrogens is 2. The summed E-state index contributed by atoms with van der Waals surface area (Å²) in [6.07, 6.45) is 1.76. The third kappa shape index (κ3) is 2.80. The lowest BCUT2D eigenvalue weighted by Gasteiger charge is -2.20. The number of nitrogens with zero attached hydrogens (tertiary/aromatic N) is 2. The molecule has 2 rings (SSSR count). The number of esters is 1. The summed E-state index contributed by atoms with van der Waals surface area (Å²) in [6.45, 7) is 2.73. The minimum absolute atomic E-state index is 0.147. The van der Waals surface area contributed by atoms with Crippen LogP contribution in [0.1, 0.15) is 39.7 Å². The smallest absolute Gasteiger partial charge is 0.357 e. The number of hydrogen-bond donors (Lipinski definition) is 1. The van der Waals surface area contributed by atoms with Crippen molar-refractivity contribution in [3.8, 4) is 0 Å². The van der Waals surface area contributed by atoms with Gasteiger partial charge in [0.25, 0.3) is 0 Å². The number of nitrogens with one attached hydrogen (secondary N) is 1. The van der Waals surface area contributed by atoms with Crippen LogP contribution in [0.4, 0.5) is 0 Å². The Hall–Kier alpha value is -1.54. The lowest BCUT2D eigenvalue weighted by molar-refractivity contribution is 0.0591.